The molecule has 0 aliphatic carbocycles. The van der Waals surface area contributed by atoms with Crippen LogP contribution >= 0.6 is 12.4 Å². The standard InChI is InChI=1S/C20H27N5O.ClH/c26-20(24-9-6-19(7-10-24)25-14-22-23-15-25)12-17-3-1-16(2-4-17)11-18-5-8-21-13-18;/h1-4,14-15,18-19,21H,5-13H2;1H. The van der Waals surface area contributed by atoms with E-state index in [9.17, 15) is 4.79 Å². The van der Waals surface area contributed by atoms with Crippen LogP contribution in [0.3, 0.4) is 0 Å². The van der Waals surface area contributed by atoms with Crippen LogP contribution in [0.5, 0.6) is 0 Å². The van der Waals surface area contributed by atoms with Gasteiger partial charge in [0.15, 0.2) is 0 Å². The van der Waals surface area contributed by atoms with Gasteiger partial charge in [-0.25, -0.2) is 0 Å². The summed E-state index contributed by atoms with van der Waals surface area (Å²) in [5.74, 6) is 0.995. The number of aromatic nitrogens is 3. The first kappa shape index (κ1) is 19.8. The molecule has 2 fully saturated rings. The van der Waals surface area contributed by atoms with Crippen LogP contribution in [0.2, 0.25) is 0 Å². The van der Waals surface area contributed by atoms with Crippen LogP contribution in [-0.2, 0) is 17.6 Å². The first-order chi connectivity index (χ1) is 12.8. The van der Waals surface area contributed by atoms with Crippen molar-refractivity contribution in [2.45, 2.75) is 38.1 Å². The van der Waals surface area contributed by atoms with Crippen molar-refractivity contribution in [3.05, 3.63) is 48.0 Å². The highest BCUT2D eigenvalue weighted by atomic mass is 35.5. The summed E-state index contributed by atoms with van der Waals surface area (Å²) in [5.41, 5.74) is 2.49. The Balaban J connectivity index is 0.00000210. The van der Waals surface area contributed by atoms with E-state index in [4.69, 9.17) is 0 Å². The Morgan fingerprint density at radius 1 is 1.04 bits per heavy atom. The van der Waals surface area contributed by atoms with E-state index in [1.807, 2.05) is 4.90 Å². The van der Waals surface area contributed by atoms with Crippen molar-refractivity contribution >= 4 is 18.3 Å². The smallest absolute Gasteiger partial charge is 0.226 e. The molecular formula is C20H28ClN5O. The normalized spacial score (nSPS) is 20.4. The number of carbonyl (C=O) groups is 1. The number of rotatable bonds is 5. The molecule has 27 heavy (non-hydrogen) atoms. The summed E-state index contributed by atoms with van der Waals surface area (Å²) in [5, 5.41) is 11.2. The number of hydrogen-bond acceptors (Lipinski definition) is 4. The molecule has 1 aromatic heterocycles. The molecule has 7 heteroatoms. The van der Waals surface area contributed by atoms with Gasteiger partial charge >= 0.3 is 0 Å². The summed E-state index contributed by atoms with van der Waals surface area (Å²) in [6, 6.07) is 9.05. The molecule has 3 heterocycles. The molecule has 2 saturated heterocycles. The molecule has 0 saturated carbocycles. The highest BCUT2D eigenvalue weighted by Crippen LogP contribution is 2.22. The Bertz CT molecular complexity index is 704. The fourth-order valence-electron chi connectivity index (χ4n) is 4.11. The Morgan fingerprint density at radius 3 is 2.33 bits per heavy atom. The molecule has 2 aliphatic rings. The zero-order valence-corrected chi connectivity index (χ0v) is 16.4. The predicted octanol–water partition coefficient (Wildman–Crippen LogP) is 2.26. The summed E-state index contributed by atoms with van der Waals surface area (Å²) in [6.07, 6.45) is 8.39. The van der Waals surface area contributed by atoms with Crippen LogP contribution in [0.25, 0.3) is 0 Å². The van der Waals surface area contributed by atoms with E-state index in [1.165, 1.54) is 12.0 Å². The van der Waals surface area contributed by atoms with Gasteiger partial charge in [0.2, 0.25) is 5.91 Å². The molecule has 6 nitrogen and oxygen atoms in total. The molecular weight excluding hydrogens is 362 g/mol. The van der Waals surface area contributed by atoms with Gasteiger partial charge in [0.1, 0.15) is 12.7 Å². The van der Waals surface area contributed by atoms with Gasteiger partial charge in [-0.1, -0.05) is 24.3 Å². The first-order valence-electron chi connectivity index (χ1n) is 9.68. The second-order valence-electron chi connectivity index (χ2n) is 7.58. The number of likely N-dealkylation sites (tertiary alicyclic amines) is 1. The van der Waals surface area contributed by atoms with E-state index in [0.29, 0.717) is 12.5 Å². The third-order valence-corrected chi connectivity index (χ3v) is 5.74. The van der Waals surface area contributed by atoms with E-state index in [1.54, 1.807) is 12.7 Å². The highest BCUT2D eigenvalue weighted by Gasteiger charge is 2.23. The lowest BCUT2D eigenvalue weighted by Crippen LogP contribution is -2.39. The van der Waals surface area contributed by atoms with Gasteiger partial charge in [-0.2, -0.15) is 0 Å². The first-order valence-corrected chi connectivity index (χ1v) is 9.68. The molecule has 1 unspecified atom stereocenters. The zero-order chi connectivity index (χ0) is 17.8. The maximum Gasteiger partial charge on any atom is 0.226 e. The molecule has 1 amide bonds. The van der Waals surface area contributed by atoms with E-state index in [0.717, 1.165) is 56.9 Å². The van der Waals surface area contributed by atoms with Gasteiger partial charge in [0.25, 0.3) is 0 Å². The number of hydrogen-bond donors (Lipinski definition) is 1. The fourth-order valence-corrected chi connectivity index (χ4v) is 4.11. The Hall–Kier alpha value is -1.92. The van der Waals surface area contributed by atoms with Crippen LogP contribution < -0.4 is 5.32 Å². The minimum atomic E-state index is 0. The number of piperidine rings is 1. The highest BCUT2D eigenvalue weighted by molar-refractivity contribution is 5.85. The average molecular weight is 390 g/mol. The van der Waals surface area contributed by atoms with Gasteiger partial charge in [0.05, 0.1) is 6.42 Å². The lowest BCUT2D eigenvalue weighted by molar-refractivity contribution is -0.131. The van der Waals surface area contributed by atoms with Crippen LogP contribution in [0, 0.1) is 5.92 Å². The number of nitrogens with zero attached hydrogens (tertiary/aromatic N) is 4. The average Bonchev–Trinajstić information content (AvgIpc) is 3.37. The lowest BCUT2D eigenvalue weighted by Gasteiger charge is -2.32. The SMILES string of the molecule is Cl.O=C(Cc1ccc(CC2CCNC2)cc1)N1CCC(n2cnnc2)CC1. The van der Waals surface area contributed by atoms with Crippen molar-refractivity contribution in [2.75, 3.05) is 26.2 Å². The number of amides is 1. The fraction of sp³-hybridized carbons (Fsp3) is 0.550. The monoisotopic (exact) mass is 389 g/mol. The topological polar surface area (TPSA) is 63.1 Å². The predicted molar refractivity (Wildman–Crippen MR) is 107 cm³/mol. The molecule has 0 bridgehead atoms. The summed E-state index contributed by atoms with van der Waals surface area (Å²) in [6.45, 7) is 3.90. The number of carbonyl (C=O) groups excluding carboxylic acids is 1. The third kappa shape index (κ3) is 5.08. The van der Waals surface area contributed by atoms with E-state index in [2.05, 4.69) is 44.3 Å². The van der Waals surface area contributed by atoms with Crippen LogP contribution in [0.1, 0.15) is 36.4 Å². The van der Waals surface area contributed by atoms with Crippen molar-refractivity contribution in [3.8, 4) is 0 Å². The van der Waals surface area contributed by atoms with Crippen LogP contribution in [0.4, 0.5) is 0 Å². The van der Waals surface area contributed by atoms with Crippen molar-refractivity contribution in [3.63, 3.8) is 0 Å². The molecule has 1 N–H and O–H groups in total. The molecule has 0 radical (unpaired) electrons. The van der Waals surface area contributed by atoms with Crippen molar-refractivity contribution in [1.82, 2.24) is 25.0 Å². The van der Waals surface area contributed by atoms with Crippen molar-refractivity contribution in [2.24, 2.45) is 5.92 Å². The minimum absolute atomic E-state index is 0. The van der Waals surface area contributed by atoms with Crippen LogP contribution in [0.15, 0.2) is 36.9 Å². The maximum atomic E-state index is 12.6. The Labute approximate surface area is 166 Å². The molecule has 1 aromatic carbocycles. The van der Waals surface area contributed by atoms with Gasteiger partial charge < -0.3 is 14.8 Å². The Morgan fingerprint density at radius 2 is 1.70 bits per heavy atom. The van der Waals surface area contributed by atoms with Crippen molar-refractivity contribution in [1.29, 1.82) is 0 Å². The van der Waals surface area contributed by atoms with Gasteiger partial charge in [-0.15, -0.1) is 22.6 Å². The van der Waals surface area contributed by atoms with Gasteiger partial charge in [-0.05, 0) is 55.8 Å². The van der Waals surface area contributed by atoms with Gasteiger partial charge in [-0.3, -0.25) is 4.79 Å². The summed E-state index contributed by atoms with van der Waals surface area (Å²) < 4.78 is 2.06. The van der Waals surface area contributed by atoms with E-state index >= 15 is 0 Å². The summed E-state index contributed by atoms with van der Waals surface area (Å²) >= 11 is 0. The van der Waals surface area contributed by atoms with E-state index < -0.39 is 0 Å². The minimum Gasteiger partial charge on any atom is -0.342 e. The largest absolute Gasteiger partial charge is 0.342 e. The molecule has 146 valence electrons. The van der Waals surface area contributed by atoms with E-state index in [-0.39, 0.29) is 18.3 Å². The Kier molecular flexibility index (Phi) is 6.85. The maximum absolute atomic E-state index is 12.6. The molecule has 4 rings (SSSR count). The second-order valence-corrected chi connectivity index (χ2v) is 7.58. The number of nitrogens with one attached hydrogen (secondary N) is 1. The molecule has 0 spiro atoms. The lowest BCUT2D eigenvalue weighted by atomic mass is 9.97. The number of benzene rings is 1. The van der Waals surface area contributed by atoms with Crippen molar-refractivity contribution < 1.29 is 4.79 Å². The second kappa shape index (κ2) is 9.33. The zero-order valence-electron chi connectivity index (χ0n) is 15.6. The third-order valence-electron chi connectivity index (χ3n) is 5.74. The molecule has 2 aliphatic heterocycles. The molecule has 2 aromatic rings. The van der Waals surface area contributed by atoms with Gasteiger partial charge in [0, 0.05) is 19.1 Å². The quantitative estimate of drug-likeness (QED) is 0.852. The summed E-state index contributed by atoms with van der Waals surface area (Å²) in [7, 11) is 0. The van der Waals surface area contributed by atoms with Crippen LogP contribution in [-0.4, -0.2) is 51.8 Å². The number of halogens is 1. The molecule has 1 atom stereocenters. The summed E-state index contributed by atoms with van der Waals surface area (Å²) in [4.78, 5) is 14.6.